The van der Waals surface area contributed by atoms with E-state index in [2.05, 4.69) is 15.3 Å². The summed E-state index contributed by atoms with van der Waals surface area (Å²) < 4.78 is 0. The summed E-state index contributed by atoms with van der Waals surface area (Å²) >= 11 is 0. The minimum atomic E-state index is -0.275. The molecule has 0 aliphatic heterocycles. The highest BCUT2D eigenvalue weighted by Gasteiger charge is 2.10. The predicted molar refractivity (Wildman–Crippen MR) is 67.5 cm³/mol. The van der Waals surface area contributed by atoms with Crippen LogP contribution in [0.3, 0.4) is 0 Å². The molecule has 0 bridgehead atoms. The van der Waals surface area contributed by atoms with Crippen LogP contribution in [0, 0.1) is 6.92 Å². The van der Waals surface area contributed by atoms with Gasteiger partial charge in [0.1, 0.15) is 11.6 Å². The summed E-state index contributed by atoms with van der Waals surface area (Å²) in [6.45, 7) is 2.35. The van der Waals surface area contributed by atoms with E-state index in [-0.39, 0.29) is 11.7 Å². The minimum absolute atomic E-state index is 0.00361. The molecule has 3 N–H and O–H groups in total. The second-order valence-electron chi connectivity index (χ2n) is 4.06. The number of amides is 1. The van der Waals surface area contributed by atoms with Crippen molar-refractivity contribution in [3.63, 3.8) is 0 Å². The number of imidazole rings is 1. The van der Waals surface area contributed by atoms with Crippen molar-refractivity contribution < 1.29 is 9.90 Å². The first-order valence-electron chi connectivity index (χ1n) is 5.73. The Balaban J connectivity index is 1.93. The summed E-state index contributed by atoms with van der Waals surface area (Å²) in [5.41, 5.74) is 1.23. The number of hydrogen-bond acceptors (Lipinski definition) is 3. The standard InChI is InChI=1S/C13H15N3O2/c1-9-2-3-11(17)10(8-9)13(18)16-5-4-12-14-6-7-15-12/h2-3,6-8,17H,4-5H2,1H3,(H,14,15)(H,16,18). The van der Waals surface area contributed by atoms with Crippen LogP contribution in [0.1, 0.15) is 21.7 Å². The van der Waals surface area contributed by atoms with Crippen LogP contribution in [0.15, 0.2) is 30.6 Å². The van der Waals surface area contributed by atoms with Crippen LogP contribution in [-0.2, 0) is 6.42 Å². The van der Waals surface area contributed by atoms with Crippen LogP contribution in [0.4, 0.5) is 0 Å². The fourth-order valence-corrected chi connectivity index (χ4v) is 1.66. The molecule has 0 aliphatic carbocycles. The largest absolute Gasteiger partial charge is 0.507 e. The van der Waals surface area contributed by atoms with Crippen LogP contribution in [0.25, 0.3) is 0 Å². The number of aromatic amines is 1. The molecule has 2 rings (SSSR count). The molecule has 5 nitrogen and oxygen atoms in total. The monoisotopic (exact) mass is 245 g/mol. The number of phenols is 1. The molecular formula is C13H15N3O2. The minimum Gasteiger partial charge on any atom is -0.507 e. The van der Waals surface area contributed by atoms with E-state index in [1.165, 1.54) is 6.07 Å². The lowest BCUT2D eigenvalue weighted by Crippen LogP contribution is -2.26. The summed E-state index contributed by atoms with van der Waals surface area (Å²) in [7, 11) is 0. The Labute approximate surface area is 105 Å². The van der Waals surface area contributed by atoms with Gasteiger partial charge < -0.3 is 15.4 Å². The number of H-pyrrole nitrogens is 1. The SMILES string of the molecule is Cc1ccc(O)c(C(=O)NCCc2ncc[nH]2)c1. The van der Waals surface area contributed by atoms with Crippen molar-refractivity contribution in [1.82, 2.24) is 15.3 Å². The fraction of sp³-hybridized carbons (Fsp3) is 0.231. The van der Waals surface area contributed by atoms with Gasteiger partial charge in [-0.2, -0.15) is 0 Å². The molecule has 0 radical (unpaired) electrons. The van der Waals surface area contributed by atoms with E-state index in [1.54, 1.807) is 24.5 Å². The first-order valence-corrected chi connectivity index (χ1v) is 5.73. The van der Waals surface area contributed by atoms with Gasteiger partial charge in [-0.05, 0) is 19.1 Å². The molecule has 1 aromatic carbocycles. The predicted octanol–water partition coefficient (Wildman–Crippen LogP) is 1.40. The molecule has 0 saturated carbocycles. The van der Waals surface area contributed by atoms with Gasteiger partial charge in [-0.1, -0.05) is 11.6 Å². The van der Waals surface area contributed by atoms with Crippen LogP contribution in [0.5, 0.6) is 5.75 Å². The Morgan fingerprint density at radius 1 is 1.50 bits per heavy atom. The Hall–Kier alpha value is -2.30. The maximum absolute atomic E-state index is 11.8. The number of aromatic hydroxyl groups is 1. The van der Waals surface area contributed by atoms with Gasteiger partial charge in [0.05, 0.1) is 5.56 Å². The van der Waals surface area contributed by atoms with Gasteiger partial charge in [0.25, 0.3) is 5.91 Å². The van der Waals surface area contributed by atoms with E-state index in [0.717, 1.165) is 11.4 Å². The molecule has 0 atom stereocenters. The van der Waals surface area contributed by atoms with E-state index in [1.807, 2.05) is 6.92 Å². The molecule has 0 fully saturated rings. The first-order chi connectivity index (χ1) is 8.66. The average Bonchev–Trinajstić information content (AvgIpc) is 2.85. The number of rotatable bonds is 4. The lowest BCUT2D eigenvalue weighted by molar-refractivity contribution is 0.0951. The normalized spacial score (nSPS) is 10.3. The maximum Gasteiger partial charge on any atom is 0.255 e. The first kappa shape index (κ1) is 12.2. The smallest absolute Gasteiger partial charge is 0.255 e. The molecule has 0 saturated heterocycles. The molecule has 0 unspecified atom stereocenters. The number of phenolic OH excluding ortho intramolecular Hbond substituents is 1. The third-order valence-corrected chi connectivity index (χ3v) is 2.60. The highest BCUT2D eigenvalue weighted by molar-refractivity contribution is 5.96. The topological polar surface area (TPSA) is 78.0 Å². The third-order valence-electron chi connectivity index (χ3n) is 2.60. The quantitative estimate of drug-likeness (QED) is 0.761. The Kier molecular flexibility index (Phi) is 3.62. The van der Waals surface area contributed by atoms with Crippen molar-refractivity contribution in [3.8, 4) is 5.75 Å². The zero-order valence-electron chi connectivity index (χ0n) is 10.1. The summed E-state index contributed by atoms with van der Waals surface area (Å²) in [5.74, 6) is 0.544. The molecule has 1 amide bonds. The summed E-state index contributed by atoms with van der Waals surface area (Å²) in [4.78, 5) is 18.9. The van der Waals surface area contributed by atoms with Gasteiger partial charge in [0, 0.05) is 25.4 Å². The molecule has 1 aromatic heterocycles. The number of nitrogens with one attached hydrogen (secondary N) is 2. The number of carbonyl (C=O) groups is 1. The van der Waals surface area contributed by atoms with Crippen molar-refractivity contribution in [3.05, 3.63) is 47.5 Å². The molecule has 94 valence electrons. The Bertz CT molecular complexity index is 535. The van der Waals surface area contributed by atoms with Crippen molar-refractivity contribution in [2.75, 3.05) is 6.54 Å². The number of nitrogens with zero attached hydrogens (tertiary/aromatic N) is 1. The van der Waals surface area contributed by atoms with Gasteiger partial charge in [0.15, 0.2) is 0 Å². The number of aryl methyl sites for hydroxylation is 1. The lowest BCUT2D eigenvalue weighted by Gasteiger charge is -2.06. The van der Waals surface area contributed by atoms with Gasteiger partial charge in [-0.15, -0.1) is 0 Å². The summed E-state index contributed by atoms with van der Waals surface area (Å²) in [5, 5.41) is 12.4. The lowest BCUT2D eigenvalue weighted by atomic mass is 10.1. The molecule has 0 spiro atoms. The van der Waals surface area contributed by atoms with Crippen LogP contribution < -0.4 is 5.32 Å². The maximum atomic E-state index is 11.8. The van der Waals surface area contributed by atoms with Gasteiger partial charge in [-0.25, -0.2) is 4.98 Å². The van der Waals surface area contributed by atoms with E-state index < -0.39 is 0 Å². The van der Waals surface area contributed by atoms with Crippen LogP contribution >= 0.6 is 0 Å². The summed E-state index contributed by atoms with van der Waals surface area (Å²) in [6.07, 6.45) is 4.04. The number of carbonyl (C=O) groups excluding carboxylic acids is 1. The zero-order chi connectivity index (χ0) is 13.0. The second-order valence-corrected chi connectivity index (χ2v) is 4.06. The van der Waals surface area contributed by atoms with Crippen LogP contribution in [-0.4, -0.2) is 27.5 Å². The highest BCUT2D eigenvalue weighted by atomic mass is 16.3. The molecular weight excluding hydrogens is 230 g/mol. The van der Waals surface area contributed by atoms with Crippen molar-refractivity contribution in [2.45, 2.75) is 13.3 Å². The molecule has 5 heteroatoms. The zero-order valence-corrected chi connectivity index (χ0v) is 10.1. The number of aromatic nitrogens is 2. The highest BCUT2D eigenvalue weighted by Crippen LogP contribution is 2.17. The fourth-order valence-electron chi connectivity index (χ4n) is 1.66. The Morgan fingerprint density at radius 2 is 2.33 bits per heavy atom. The van der Waals surface area contributed by atoms with E-state index in [0.29, 0.717) is 18.5 Å². The number of hydrogen-bond donors (Lipinski definition) is 3. The number of benzene rings is 1. The summed E-state index contributed by atoms with van der Waals surface area (Å²) in [6, 6.07) is 4.95. The van der Waals surface area contributed by atoms with E-state index >= 15 is 0 Å². The molecule has 2 aromatic rings. The second kappa shape index (κ2) is 5.35. The van der Waals surface area contributed by atoms with E-state index in [9.17, 15) is 9.90 Å². The third kappa shape index (κ3) is 2.88. The van der Waals surface area contributed by atoms with Crippen molar-refractivity contribution >= 4 is 5.91 Å². The van der Waals surface area contributed by atoms with Crippen molar-refractivity contribution in [1.29, 1.82) is 0 Å². The van der Waals surface area contributed by atoms with Crippen molar-refractivity contribution in [2.24, 2.45) is 0 Å². The molecule has 18 heavy (non-hydrogen) atoms. The molecule has 0 aliphatic rings. The molecule has 1 heterocycles. The van der Waals surface area contributed by atoms with Gasteiger partial charge >= 0.3 is 0 Å². The van der Waals surface area contributed by atoms with Crippen LogP contribution in [0.2, 0.25) is 0 Å². The van der Waals surface area contributed by atoms with E-state index in [4.69, 9.17) is 0 Å². The van der Waals surface area contributed by atoms with Gasteiger partial charge in [0.2, 0.25) is 0 Å². The average molecular weight is 245 g/mol. The Morgan fingerprint density at radius 3 is 3.06 bits per heavy atom. The van der Waals surface area contributed by atoms with Gasteiger partial charge in [-0.3, -0.25) is 4.79 Å².